The molecule has 0 aliphatic heterocycles. The molecule has 4 aromatic rings. The zero-order valence-electron chi connectivity index (χ0n) is 26.1. The van der Waals surface area contributed by atoms with Gasteiger partial charge in [0.05, 0.1) is 24.2 Å². The number of anilines is 1. The van der Waals surface area contributed by atoms with Gasteiger partial charge in [-0.2, -0.15) is 0 Å². The molecule has 13 heteroatoms. The summed E-state index contributed by atoms with van der Waals surface area (Å²) in [6.45, 7) is 2.02. The van der Waals surface area contributed by atoms with Crippen LogP contribution in [0.1, 0.15) is 36.0 Å². The number of sulfonamides is 1. The molecule has 0 saturated heterocycles. The maximum absolute atomic E-state index is 15.3. The molecule has 0 unspecified atom stereocenters. The van der Waals surface area contributed by atoms with Gasteiger partial charge < -0.3 is 26.2 Å². The summed E-state index contributed by atoms with van der Waals surface area (Å²) < 4.78 is 49.4. The van der Waals surface area contributed by atoms with E-state index < -0.39 is 45.9 Å². The molecule has 1 aromatic heterocycles. The lowest BCUT2D eigenvalue weighted by Gasteiger charge is -2.25. The average molecular weight is 684 g/mol. The Balaban J connectivity index is 1.56. The topological polar surface area (TPSA) is 156 Å². The van der Waals surface area contributed by atoms with Crippen molar-refractivity contribution < 1.29 is 27.4 Å². The quantitative estimate of drug-likeness (QED) is 0.118. The number of methoxy groups -OCH3 is 1. The summed E-state index contributed by atoms with van der Waals surface area (Å²) in [5, 5.41) is 16.1. The second kappa shape index (κ2) is 16.8. The standard InChI is InChI=1S/C34H39ClFN5O5S/c1-22(42)19-38-21-26(41-47(44,45)27-7-4-3-5-8-27)16-17-28-29(36)9-6-10-30(28)40-34(43)33(37)32(23-11-14-25(35)15-12-23)24-13-18-31(46-2)39-20-24/h3-15,18,20,22,26,32-33,38,41-42H,16-17,19,21,37H2,1-2H3,(H,40,43)/t22-,26-,32-,33-/m0/s1. The van der Waals surface area contributed by atoms with Crippen LogP contribution in [-0.4, -0.2) is 62.8 Å². The Bertz CT molecular complexity index is 1710. The Hall–Kier alpha value is -3.91. The maximum Gasteiger partial charge on any atom is 0.242 e. The third-order valence-electron chi connectivity index (χ3n) is 7.54. The highest BCUT2D eigenvalue weighted by atomic mass is 35.5. The molecule has 1 amide bonds. The molecule has 0 aliphatic rings. The Morgan fingerprint density at radius 1 is 1.00 bits per heavy atom. The van der Waals surface area contributed by atoms with Crippen molar-refractivity contribution in [3.8, 4) is 5.88 Å². The predicted molar refractivity (Wildman–Crippen MR) is 181 cm³/mol. The number of carbonyl (C=O) groups excluding carboxylic acids is 1. The summed E-state index contributed by atoms with van der Waals surface area (Å²) in [6.07, 6.45) is 1.20. The largest absolute Gasteiger partial charge is 0.481 e. The molecule has 250 valence electrons. The lowest BCUT2D eigenvalue weighted by Crippen LogP contribution is -2.43. The van der Waals surface area contributed by atoms with Gasteiger partial charge in [0.2, 0.25) is 21.8 Å². The molecule has 0 saturated carbocycles. The smallest absolute Gasteiger partial charge is 0.242 e. The number of hydrogen-bond acceptors (Lipinski definition) is 8. The van der Waals surface area contributed by atoms with E-state index in [9.17, 15) is 18.3 Å². The Labute approximate surface area is 279 Å². The molecule has 1 heterocycles. The van der Waals surface area contributed by atoms with Gasteiger partial charge in [-0.1, -0.05) is 54.1 Å². The minimum Gasteiger partial charge on any atom is -0.481 e. The number of rotatable bonds is 16. The molecule has 0 fully saturated rings. The van der Waals surface area contributed by atoms with Gasteiger partial charge in [0.25, 0.3) is 0 Å². The molecule has 0 spiro atoms. The zero-order valence-corrected chi connectivity index (χ0v) is 27.6. The number of benzene rings is 3. The van der Waals surface area contributed by atoms with Crippen molar-refractivity contribution >= 4 is 33.2 Å². The molecule has 0 radical (unpaired) electrons. The van der Waals surface area contributed by atoms with E-state index in [1.165, 1.54) is 31.4 Å². The predicted octanol–water partition coefficient (Wildman–Crippen LogP) is 4.23. The second-order valence-electron chi connectivity index (χ2n) is 11.1. The fourth-order valence-electron chi connectivity index (χ4n) is 5.15. The van der Waals surface area contributed by atoms with Crippen molar-refractivity contribution in [3.05, 3.63) is 119 Å². The number of hydrogen-bond donors (Lipinski definition) is 5. The number of ether oxygens (including phenoxy) is 1. The van der Waals surface area contributed by atoms with Crippen LogP contribution >= 0.6 is 11.6 Å². The minimum absolute atomic E-state index is 0.0822. The average Bonchev–Trinajstić information content (AvgIpc) is 3.05. The molecule has 0 bridgehead atoms. The first-order chi connectivity index (χ1) is 22.5. The monoisotopic (exact) mass is 683 g/mol. The van der Waals surface area contributed by atoms with E-state index in [-0.39, 0.29) is 42.1 Å². The summed E-state index contributed by atoms with van der Waals surface area (Å²) in [4.78, 5) is 18.1. The van der Waals surface area contributed by atoms with Gasteiger partial charge in [0.1, 0.15) is 5.82 Å². The van der Waals surface area contributed by atoms with Crippen molar-refractivity contribution in [2.45, 2.75) is 48.8 Å². The number of pyridine rings is 1. The van der Waals surface area contributed by atoms with Crippen LogP contribution in [0, 0.1) is 5.82 Å². The van der Waals surface area contributed by atoms with E-state index in [1.54, 1.807) is 73.8 Å². The molecular weight excluding hydrogens is 645 g/mol. The maximum atomic E-state index is 15.3. The fraction of sp³-hybridized carbons (Fsp3) is 0.294. The Kier molecular flexibility index (Phi) is 12.8. The van der Waals surface area contributed by atoms with Crippen LogP contribution in [0.2, 0.25) is 5.02 Å². The van der Waals surface area contributed by atoms with Gasteiger partial charge in [-0.3, -0.25) is 4.79 Å². The number of amides is 1. The number of halogens is 2. The fourth-order valence-corrected chi connectivity index (χ4v) is 6.56. The van der Waals surface area contributed by atoms with Gasteiger partial charge >= 0.3 is 0 Å². The van der Waals surface area contributed by atoms with Crippen LogP contribution in [0.5, 0.6) is 5.88 Å². The van der Waals surface area contributed by atoms with Gasteiger partial charge in [0.15, 0.2) is 0 Å². The molecule has 10 nitrogen and oxygen atoms in total. The number of nitrogens with two attached hydrogens (primary N) is 1. The summed E-state index contributed by atoms with van der Waals surface area (Å²) in [5.74, 6) is -1.35. The van der Waals surface area contributed by atoms with Crippen LogP contribution in [0.15, 0.2) is 96.0 Å². The first kappa shape index (κ1) is 35.9. The SMILES string of the molecule is COc1ccc([C@H](c2ccc(Cl)cc2)[C@H](N)C(=O)Nc2cccc(F)c2CC[C@@H](CNC[C@H](C)O)NS(=O)(=O)c2ccccc2)cn1. The number of aromatic nitrogens is 1. The third kappa shape index (κ3) is 10.0. The number of nitrogens with zero attached hydrogens (tertiary/aromatic N) is 1. The third-order valence-corrected chi connectivity index (χ3v) is 9.33. The van der Waals surface area contributed by atoms with E-state index >= 15 is 4.39 Å². The summed E-state index contributed by atoms with van der Waals surface area (Å²) >= 11 is 6.12. The highest BCUT2D eigenvalue weighted by molar-refractivity contribution is 7.89. The van der Waals surface area contributed by atoms with Crippen LogP contribution in [-0.2, 0) is 21.2 Å². The molecule has 6 N–H and O–H groups in total. The number of carbonyl (C=O) groups is 1. The van der Waals surface area contributed by atoms with Gasteiger partial charge in [0, 0.05) is 53.6 Å². The van der Waals surface area contributed by atoms with Crippen LogP contribution < -0.4 is 25.8 Å². The van der Waals surface area contributed by atoms with Crippen LogP contribution in [0.4, 0.5) is 10.1 Å². The molecule has 4 rings (SSSR count). The zero-order chi connectivity index (χ0) is 34.0. The number of aliphatic hydroxyl groups is 1. The van der Waals surface area contributed by atoms with E-state index in [2.05, 4.69) is 20.3 Å². The van der Waals surface area contributed by atoms with Crippen LogP contribution in [0.3, 0.4) is 0 Å². The molecule has 3 aromatic carbocycles. The van der Waals surface area contributed by atoms with Crippen molar-refractivity contribution in [1.82, 2.24) is 15.0 Å². The molecule has 0 aliphatic carbocycles. The number of aliphatic hydroxyl groups excluding tert-OH is 1. The van der Waals surface area contributed by atoms with E-state index in [4.69, 9.17) is 22.1 Å². The van der Waals surface area contributed by atoms with Gasteiger partial charge in [-0.05, 0) is 67.3 Å². The Morgan fingerprint density at radius 3 is 2.34 bits per heavy atom. The lowest BCUT2D eigenvalue weighted by molar-refractivity contribution is -0.117. The van der Waals surface area contributed by atoms with E-state index in [0.717, 1.165) is 5.56 Å². The molecular formula is C34H39ClFN5O5S. The van der Waals surface area contributed by atoms with Crippen molar-refractivity contribution in [2.75, 3.05) is 25.5 Å². The molecule has 4 atom stereocenters. The van der Waals surface area contributed by atoms with Gasteiger partial charge in [-0.25, -0.2) is 22.5 Å². The first-order valence-corrected chi connectivity index (χ1v) is 16.9. The number of nitrogens with one attached hydrogen (secondary N) is 3. The van der Waals surface area contributed by atoms with Crippen molar-refractivity contribution in [1.29, 1.82) is 0 Å². The highest BCUT2D eigenvalue weighted by Gasteiger charge is 2.29. The van der Waals surface area contributed by atoms with Gasteiger partial charge in [-0.15, -0.1) is 0 Å². The van der Waals surface area contributed by atoms with Crippen molar-refractivity contribution in [2.24, 2.45) is 5.73 Å². The lowest BCUT2D eigenvalue weighted by atomic mass is 9.85. The normalized spacial score (nSPS) is 14.2. The summed E-state index contributed by atoms with van der Waals surface area (Å²) in [6, 6.07) is 20.9. The first-order valence-electron chi connectivity index (χ1n) is 15.0. The van der Waals surface area contributed by atoms with Crippen LogP contribution in [0.25, 0.3) is 0 Å². The van der Waals surface area contributed by atoms with Crippen molar-refractivity contribution in [3.63, 3.8) is 0 Å². The minimum atomic E-state index is -3.89. The Morgan fingerprint density at radius 2 is 1.70 bits per heavy atom. The second-order valence-corrected chi connectivity index (χ2v) is 13.3. The summed E-state index contributed by atoms with van der Waals surface area (Å²) in [5.41, 5.74) is 8.39. The van der Waals surface area contributed by atoms with E-state index in [0.29, 0.717) is 16.5 Å². The highest BCUT2D eigenvalue weighted by Crippen LogP contribution is 2.30. The summed E-state index contributed by atoms with van der Waals surface area (Å²) in [7, 11) is -2.39. The molecule has 47 heavy (non-hydrogen) atoms. The van der Waals surface area contributed by atoms with E-state index in [1.807, 2.05) is 0 Å².